The van der Waals surface area contributed by atoms with Crippen molar-refractivity contribution in [1.82, 2.24) is 0 Å². The van der Waals surface area contributed by atoms with Crippen LogP contribution in [0.25, 0.3) is 0 Å². The standard InChI is InChI=1S/C8H12O3/c9-6-8(10)11-7-4-2-1-3-5-7/h6-7H,1-5H2. The van der Waals surface area contributed by atoms with Gasteiger partial charge in [0, 0.05) is 0 Å². The molecule has 0 unspecified atom stereocenters. The Bertz CT molecular complexity index is 147. The van der Waals surface area contributed by atoms with Crippen molar-refractivity contribution in [3.63, 3.8) is 0 Å². The molecule has 0 amide bonds. The summed E-state index contributed by atoms with van der Waals surface area (Å²) in [4.78, 5) is 20.4. The molecule has 0 spiro atoms. The van der Waals surface area contributed by atoms with Gasteiger partial charge in [0.25, 0.3) is 0 Å². The van der Waals surface area contributed by atoms with Crippen LogP contribution in [0.2, 0.25) is 0 Å². The summed E-state index contributed by atoms with van der Waals surface area (Å²) in [6.07, 6.45) is 5.50. The van der Waals surface area contributed by atoms with Crippen molar-refractivity contribution in [3.8, 4) is 0 Å². The van der Waals surface area contributed by atoms with Gasteiger partial charge in [-0.15, -0.1) is 0 Å². The summed E-state index contributed by atoms with van der Waals surface area (Å²) in [5.41, 5.74) is 0. The van der Waals surface area contributed by atoms with Gasteiger partial charge in [0.1, 0.15) is 6.10 Å². The van der Waals surface area contributed by atoms with Crippen molar-refractivity contribution in [2.75, 3.05) is 0 Å². The first-order chi connectivity index (χ1) is 5.33. The molecule has 1 aliphatic carbocycles. The largest absolute Gasteiger partial charge is 0.457 e. The van der Waals surface area contributed by atoms with Crippen LogP contribution in [0.3, 0.4) is 0 Å². The normalized spacial score (nSPS) is 19.3. The third-order valence-corrected chi connectivity index (χ3v) is 1.93. The zero-order valence-corrected chi connectivity index (χ0v) is 6.41. The number of carbonyl (C=O) groups excluding carboxylic acids is 2. The van der Waals surface area contributed by atoms with Crippen molar-refractivity contribution >= 4 is 12.3 Å². The highest BCUT2D eigenvalue weighted by atomic mass is 16.5. The Morgan fingerprint density at radius 1 is 1.27 bits per heavy atom. The van der Waals surface area contributed by atoms with Gasteiger partial charge in [-0.3, -0.25) is 4.79 Å². The minimum atomic E-state index is -0.725. The molecule has 0 aromatic heterocycles. The van der Waals surface area contributed by atoms with Gasteiger partial charge in [-0.1, -0.05) is 6.42 Å². The number of rotatable bonds is 2. The van der Waals surface area contributed by atoms with Crippen LogP contribution in [0, 0.1) is 0 Å². The fourth-order valence-electron chi connectivity index (χ4n) is 1.38. The second kappa shape index (κ2) is 4.11. The molecule has 11 heavy (non-hydrogen) atoms. The van der Waals surface area contributed by atoms with E-state index in [9.17, 15) is 9.59 Å². The van der Waals surface area contributed by atoms with E-state index in [-0.39, 0.29) is 12.4 Å². The lowest BCUT2D eigenvalue weighted by atomic mass is 9.98. The van der Waals surface area contributed by atoms with E-state index in [0.29, 0.717) is 0 Å². The highest BCUT2D eigenvalue weighted by molar-refractivity contribution is 6.20. The van der Waals surface area contributed by atoms with Crippen LogP contribution in [0.5, 0.6) is 0 Å². The molecule has 0 saturated heterocycles. The van der Waals surface area contributed by atoms with Gasteiger partial charge in [-0.05, 0) is 25.7 Å². The monoisotopic (exact) mass is 156 g/mol. The van der Waals surface area contributed by atoms with Crippen molar-refractivity contribution in [3.05, 3.63) is 0 Å². The summed E-state index contributed by atoms with van der Waals surface area (Å²) in [6, 6.07) is 0. The molecule has 0 aliphatic heterocycles. The minimum absolute atomic E-state index is 0.00134. The van der Waals surface area contributed by atoms with Gasteiger partial charge in [-0.2, -0.15) is 0 Å². The predicted molar refractivity (Wildman–Crippen MR) is 39.0 cm³/mol. The average Bonchev–Trinajstić information content (AvgIpc) is 2.06. The first kappa shape index (κ1) is 8.24. The molecular formula is C8H12O3. The maximum absolute atomic E-state index is 10.5. The lowest BCUT2D eigenvalue weighted by Crippen LogP contribution is -2.21. The first-order valence-corrected chi connectivity index (χ1v) is 3.98. The maximum Gasteiger partial charge on any atom is 0.371 e. The Morgan fingerprint density at radius 3 is 2.45 bits per heavy atom. The molecule has 1 saturated carbocycles. The van der Waals surface area contributed by atoms with E-state index in [1.165, 1.54) is 6.42 Å². The van der Waals surface area contributed by atoms with E-state index in [1.54, 1.807) is 0 Å². The molecule has 3 nitrogen and oxygen atoms in total. The van der Waals surface area contributed by atoms with E-state index in [2.05, 4.69) is 0 Å². The summed E-state index contributed by atoms with van der Waals surface area (Å²) in [7, 11) is 0. The van der Waals surface area contributed by atoms with Crippen molar-refractivity contribution in [1.29, 1.82) is 0 Å². The number of carbonyl (C=O) groups is 2. The van der Waals surface area contributed by atoms with Crippen LogP contribution >= 0.6 is 0 Å². The predicted octanol–water partition coefficient (Wildman–Crippen LogP) is 1.06. The average molecular weight is 156 g/mol. The number of ether oxygens (including phenoxy) is 1. The van der Waals surface area contributed by atoms with Gasteiger partial charge in [-0.25, -0.2) is 4.79 Å². The Hall–Kier alpha value is -0.860. The molecule has 62 valence electrons. The Kier molecular flexibility index (Phi) is 3.08. The van der Waals surface area contributed by atoms with Crippen molar-refractivity contribution in [2.24, 2.45) is 0 Å². The van der Waals surface area contributed by atoms with Crippen LogP contribution in [-0.4, -0.2) is 18.4 Å². The summed E-state index contributed by atoms with van der Waals surface area (Å²) >= 11 is 0. The molecule has 3 heteroatoms. The second-order valence-electron chi connectivity index (χ2n) is 2.81. The molecule has 0 atom stereocenters. The minimum Gasteiger partial charge on any atom is -0.457 e. The van der Waals surface area contributed by atoms with Gasteiger partial charge in [0.05, 0.1) is 0 Å². The lowest BCUT2D eigenvalue weighted by molar-refractivity contribution is -0.154. The molecule has 1 aliphatic rings. The van der Waals surface area contributed by atoms with Crippen LogP contribution in [0.4, 0.5) is 0 Å². The highest BCUT2D eigenvalue weighted by Crippen LogP contribution is 2.19. The maximum atomic E-state index is 10.5. The Balaban J connectivity index is 2.24. The topological polar surface area (TPSA) is 43.4 Å². The molecule has 0 bridgehead atoms. The molecular weight excluding hydrogens is 144 g/mol. The Labute approximate surface area is 65.7 Å². The van der Waals surface area contributed by atoms with Crippen molar-refractivity contribution < 1.29 is 14.3 Å². The molecule has 0 aromatic carbocycles. The van der Waals surface area contributed by atoms with Gasteiger partial charge in [0.15, 0.2) is 0 Å². The fourth-order valence-corrected chi connectivity index (χ4v) is 1.38. The second-order valence-corrected chi connectivity index (χ2v) is 2.81. The van der Waals surface area contributed by atoms with Crippen molar-refractivity contribution in [2.45, 2.75) is 38.2 Å². The molecule has 0 radical (unpaired) electrons. The van der Waals surface area contributed by atoms with Gasteiger partial charge >= 0.3 is 5.97 Å². The number of hydrogen-bond acceptors (Lipinski definition) is 3. The summed E-state index contributed by atoms with van der Waals surface area (Å²) in [5, 5.41) is 0. The number of aldehydes is 1. The smallest absolute Gasteiger partial charge is 0.371 e. The van der Waals surface area contributed by atoms with Crippen LogP contribution in [0.15, 0.2) is 0 Å². The zero-order valence-electron chi connectivity index (χ0n) is 6.41. The van der Waals surface area contributed by atoms with E-state index >= 15 is 0 Å². The quantitative estimate of drug-likeness (QED) is 0.341. The summed E-state index contributed by atoms with van der Waals surface area (Å²) < 4.78 is 4.83. The van der Waals surface area contributed by atoms with E-state index in [4.69, 9.17) is 4.74 Å². The lowest BCUT2D eigenvalue weighted by Gasteiger charge is -2.20. The molecule has 1 fully saturated rings. The highest BCUT2D eigenvalue weighted by Gasteiger charge is 2.16. The first-order valence-electron chi connectivity index (χ1n) is 3.98. The summed E-state index contributed by atoms with van der Waals surface area (Å²) in [5.74, 6) is -0.725. The zero-order chi connectivity index (χ0) is 8.10. The van der Waals surface area contributed by atoms with Crippen LogP contribution < -0.4 is 0 Å². The van der Waals surface area contributed by atoms with Crippen LogP contribution in [-0.2, 0) is 14.3 Å². The summed E-state index contributed by atoms with van der Waals surface area (Å²) in [6.45, 7) is 0. The van der Waals surface area contributed by atoms with Gasteiger partial charge in [0.2, 0.25) is 6.29 Å². The fraction of sp³-hybridized carbons (Fsp3) is 0.750. The molecule has 0 aromatic rings. The number of esters is 1. The molecule has 1 rings (SSSR count). The molecule has 0 heterocycles. The molecule has 0 N–H and O–H groups in total. The Morgan fingerprint density at radius 2 is 1.91 bits per heavy atom. The third kappa shape index (κ3) is 2.70. The van der Waals surface area contributed by atoms with E-state index < -0.39 is 5.97 Å². The SMILES string of the molecule is O=CC(=O)OC1CCCCC1. The van der Waals surface area contributed by atoms with E-state index in [1.807, 2.05) is 0 Å². The van der Waals surface area contributed by atoms with E-state index in [0.717, 1.165) is 25.7 Å². The van der Waals surface area contributed by atoms with Gasteiger partial charge < -0.3 is 4.74 Å². The van der Waals surface area contributed by atoms with Crippen LogP contribution in [0.1, 0.15) is 32.1 Å². The third-order valence-electron chi connectivity index (χ3n) is 1.93. The number of hydrogen-bond donors (Lipinski definition) is 0.